The minimum absolute atomic E-state index is 0.00713. The van der Waals surface area contributed by atoms with E-state index in [2.05, 4.69) is 83.2 Å². The van der Waals surface area contributed by atoms with Gasteiger partial charge in [-0.05, 0) is 135 Å². The quantitative estimate of drug-likeness (QED) is 0.0293. The van der Waals surface area contributed by atoms with Crippen molar-refractivity contribution in [1.29, 1.82) is 0 Å². The number of nitrogens with two attached hydrogens (primary N) is 2. The molecule has 0 bridgehead atoms. The summed E-state index contributed by atoms with van der Waals surface area (Å²) in [6.45, 7) is 29.3. The molecule has 2 aromatic rings. The van der Waals surface area contributed by atoms with E-state index in [0.717, 1.165) is 17.5 Å². The number of hydrogen-bond donors (Lipinski definition) is 8. The van der Waals surface area contributed by atoms with Crippen molar-refractivity contribution in [2.75, 3.05) is 118 Å². The number of benzene rings is 2. The fourth-order valence-corrected chi connectivity index (χ4v) is 9.34. The molecule has 0 aliphatic carbocycles. The lowest BCUT2D eigenvalue weighted by Crippen LogP contribution is -2.45. The summed E-state index contributed by atoms with van der Waals surface area (Å²) in [4.78, 5) is 145. The first-order valence-electron chi connectivity index (χ1n) is 34.9. The Morgan fingerprint density at radius 2 is 0.840 bits per heavy atom. The summed E-state index contributed by atoms with van der Waals surface area (Å²) < 4.78 is 27.2. The van der Waals surface area contributed by atoms with Crippen LogP contribution in [0.3, 0.4) is 0 Å². The minimum Gasteiger partial charge on any atom is -0.445 e. The number of carbonyl (C=O) groups excluding carboxylic acids is 11. The van der Waals surface area contributed by atoms with E-state index >= 15 is 0 Å². The van der Waals surface area contributed by atoms with Gasteiger partial charge in [-0.2, -0.15) is 0 Å². The van der Waals surface area contributed by atoms with Gasteiger partial charge in [0.05, 0.1) is 45.1 Å². The van der Waals surface area contributed by atoms with Crippen LogP contribution in [0.5, 0.6) is 0 Å². The maximum atomic E-state index is 13.5. The molecular formula is C72H122N12O16. The number of nitrogens with zero attached hydrogens (tertiary/aromatic N) is 4. The van der Waals surface area contributed by atoms with Crippen molar-refractivity contribution in [2.24, 2.45) is 35.1 Å². The summed E-state index contributed by atoms with van der Waals surface area (Å²) in [5.74, 6) is -4.04. The topological polar surface area (TPSA) is 371 Å². The van der Waals surface area contributed by atoms with Crippen molar-refractivity contribution in [2.45, 2.75) is 190 Å². The summed E-state index contributed by atoms with van der Waals surface area (Å²) in [6.07, 6.45) is 1.73. The van der Waals surface area contributed by atoms with Crippen LogP contribution in [0.15, 0.2) is 48.5 Å². The monoisotopic (exact) mass is 1410 g/mol. The van der Waals surface area contributed by atoms with Gasteiger partial charge >= 0.3 is 24.2 Å². The Hall–Kier alpha value is -7.79. The zero-order chi connectivity index (χ0) is 75.5. The van der Waals surface area contributed by atoms with Gasteiger partial charge in [-0.25, -0.2) is 19.2 Å². The molecular weight excluding hydrogens is 1290 g/mol. The zero-order valence-electron chi connectivity index (χ0n) is 62.7. The third-order valence-corrected chi connectivity index (χ3v) is 16.6. The van der Waals surface area contributed by atoms with Gasteiger partial charge in [-0.3, -0.25) is 43.4 Å². The molecule has 28 nitrogen and oxygen atoms in total. The molecule has 0 radical (unpaired) electrons. The van der Waals surface area contributed by atoms with Gasteiger partial charge < -0.3 is 76.9 Å². The first-order valence-corrected chi connectivity index (χ1v) is 34.9. The van der Waals surface area contributed by atoms with E-state index in [4.69, 9.17) is 35.2 Å². The fraction of sp³-hybridized carbons (Fsp3) is 0.681. The molecule has 0 saturated carbocycles. The number of hydrogen-bond acceptors (Lipinski definition) is 18. The predicted octanol–water partition coefficient (Wildman–Crippen LogP) is 7.79. The third-order valence-electron chi connectivity index (χ3n) is 16.6. The molecule has 566 valence electrons. The SMILES string of the molecule is CCC(=O)CCC(=O)N[C@H](C(=O)C[C@@H](CCCNC(N)=O)C(=O)Nc1ccc(COC(=O)N(C)CCN(C)C(C)(C)C)cc1)C(C)C.CCCOCCOCCOCCC(=O)N[C@H](C(=O)C[C@@H](CCCNC(N)=O)C(=O)Nc1ccc(COC(=O)N(C)CCN(C)C(C)(C)C)cc1)C(C)C. The molecule has 0 saturated heterocycles. The average molecular weight is 1410 g/mol. The minimum atomic E-state index is -0.821. The highest BCUT2D eigenvalue weighted by Gasteiger charge is 2.32. The number of rotatable bonds is 47. The van der Waals surface area contributed by atoms with Gasteiger partial charge in [0.15, 0.2) is 11.6 Å². The number of urea groups is 2. The first-order chi connectivity index (χ1) is 47.0. The molecule has 0 heterocycles. The van der Waals surface area contributed by atoms with Crippen LogP contribution in [0.2, 0.25) is 0 Å². The molecule has 0 fully saturated rings. The molecule has 0 aliphatic heterocycles. The summed E-state index contributed by atoms with van der Waals surface area (Å²) in [7, 11) is 7.40. The van der Waals surface area contributed by atoms with E-state index in [0.29, 0.717) is 96.3 Å². The lowest BCUT2D eigenvalue weighted by molar-refractivity contribution is -0.131. The number of amides is 10. The highest BCUT2D eigenvalue weighted by Crippen LogP contribution is 2.23. The van der Waals surface area contributed by atoms with Crippen molar-refractivity contribution in [3.8, 4) is 0 Å². The highest BCUT2D eigenvalue weighted by atomic mass is 16.6. The Morgan fingerprint density at radius 3 is 1.18 bits per heavy atom. The van der Waals surface area contributed by atoms with Crippen molar-refractivity contribution in [3.63, 3.8) is 0 Å². The van der Waals surface area contributed by atoms with Crippen LogP contribution in [-0.4, -0.2) is 215 Å². The van der Waals surface area contributed by atoms with Crippen LogP contribution in [0.1, 0.15) is 165 Å². The third kappa shape index (κ3) is 40.5. The van der Waals surface area contributed by atoms with Gasteiger partial charge in [0.1, 0.15) is 19.0 Å². The zero-order valence-corrected chi connectivity index (χ0v) is 62.7. The Bertz CT molecular complexity index is 2810. The van der Waals surface area contributed by atoms with Gasteiger partial charge in [-0.1, -0.05) is 65.8 Å². The summed E-state index contributed by atoms with van der Waals surface area (Å²) in [5.41, 5.74) is 12.8. The standard InChI is InChI=1S/C38H66N6O9.C34H56N6O7/c1-9-20-50-22-24-52-25-23-51-21-16-33(46)42-34(28(2)3)32(45)26-30(11-10-17-40-36(39)48)35(47)41-31-14-12-29(13-15-31)27-53-37(49)43(7)18-19-44(8)38(4,5)6;1-9-27(41)16-17-29(43)38-30(23(2)3)28(42)21-25(11-10-18-36-32(35)45)31(44)37-26-14-12-24(13-15-26)22-47-33(46)39(7)19-20-40(8)34(4,5)6/h12-15,28,30,34H,9-11,16-27H2,1-8H3,(H,41,47)(H,42,46)(H3,39,40,48);12-15,23,25,30H,9-11,16-22H2,1-8H3,(H,37,44)(H,38,43)(H3,35,36,45)/t30-,34+;25-,30+/m11/s1. The van der Waals surface area contributed by atoms with E-state index in [9.17, 15) is 52.7 Å². The van der Waals surface area contributed by atoms with Crippen molar-refractivity contribution in [3.05, 3.63) is 59.7 Å². The van der Waals surface area contributed by atoms with Gasteiger partial charge in [0, 0.05) is 133 Å². The van der Waals surface area contributed by atoms with Crippen molar-refractivity contribution >= 4 is 76.6 Å². The molecule has 10 amide bonds. The molecule has 2 aromatic carbocycles. The second-order valence-corrected chi connectivity index (χ2v) is 27.7. The van der Waals surface area contributed by atoms with Crippen LogP contribution in [-0.2, 0) is 70.5 Å². The second kappa shape index (κ2) is 48.9. The summed E-state index contributed by atoms with van der Waals surface area (Å²) in [5, 5.41) is 16.3. The Morgan fingerprint density at radius 1 is 0.480 bits per heavy atom. The largest absolute Gasteiger partial charge is 0.445 e. The van der Waals surface area contributed by atoms with Crippen molar-refractivity contribution < 1.29 is 76.4 Å². The van der Waals surface area contributed by atoms with Gasteiger partial charge in [0.25, 0.3) is 0 Å². The molecule has 28 heteroatoms. The van der Waals surface area contributed by atoms with Crippen LogP contribution in [0, 0.1) is 23.7 Å². The van der Waals surface area contributed by atoms with Crippen LogP contribution >= 0.6 is 0 Å². The number of primary amides is 2. The van der Waals surface area contributed by atoms with Gasteiger partial charge in [0.2, 0.25) is 23.6 Å². The van der Waals surface area contributed by atoms with Crippen LogP contribution in [0.4, 0.5) is 30.6 Å². The lowest BCUT2D eigenvalue weighted by atomic mass is 9.89. The number of nitrogens with one attached hydrogen (secondary N) is 6. The van der Waals surface area contributed by atoms with E-state index in [-0.39, 0.29) is 129 Å². The molecule has 4 atom stereocenters. The average Bonchev–Trinajstić information content (AvgIpc) is 0.892. The van der Waals surface area contributed by atoms with Crippen molar-refractivity contribution in [1.82, 2.24) is 40.9 Å². The van der Waals surface area contributed by atoms with Crippen LogP contribution < -0.4 is 43.4 Å². The van der Waals surface area contributed by atoms with E-state index < -0.39 is 54.1 Å². The molecule has 0 unspecified atom stereocenters. The number of anilines is 2. The Labute approximate surface area is 594 Å². The lowest BCUT2D eigenvalue weighted by Gasteiger charge is -2.33. The summed E-state index contributed by atoms with van der Waals surface area (Å²) in [6, 6.07) is 10.8. The number of Topliss-reactive ketones (excluding diaryl/α,β-unsaturated/α-hetero) is 3. The summed E-state index contributed by atoms with van der Waals surface area (Å²) >= 11 is 0. The molecule has 0 aliphatic rings. The molecule has 2 rings (SSSR count). The van der Waals surface area contributed by atoms with Gasteiger partial charge in [-0.15, -0.1) is 0 Å². The molecule has 0 spiro atoms. The Kier molecular flexibility index (Phi) is 44.1. The number of ether oxygens (including phenoxy) is 5. The maximum absolute atomic E-state index is 13.5. The maximum Gasteiger partial charge on any atom is 0.409 e. The smallest absolute Gasteiger partial charge is 0.409 e. The molecule has 100 heavy (non-hydrogen) atoms. The van der Waals surface area contributed by atoms with E-state index in [1.54, 1.807) is 83.4 Å². The fourth-order valence-electron chi connectivity index (χ4n) is 9.34. The van der Waals surface area contributed by atoms with E-state index in [1.807, 2.05) is 34.9 Å². The second-order valence-electron chi connectivity index (χ2n) is 27.7. The molecule has 10 N–H and O–H groups in total. The number of carbonyl (C=O) groups is 11. The van der Waals surface area contributed by atoms with E-state index in [1.165, 1.54) is 9.80 Å². The number of likely N-dealkylation sites (N-methyl/N-ethyl adjacent to an activating group) is 4. The van der Waals surface area contributed by atoms with Crippen LogP contribution in [0.25, 0.3) is 0 Å². The molecule has 0 aromatic heterocycles. The highest BCUT2D eigenvalue weighted by molar-refractivity contribution is 5.99. The number of ketones is 3. The normalized spacial score (nSPS) is 12.6. The Balaban J connectivity index is 0.00000101. The predicted molar refractivity (Wildman–Crippen MR) is 386 cm³/mol. The first kappa shape index (κ1) is 90.2.